The Morgan fingerprint density at radius 1 is 0.647 bits per heavy atom. The van der Waals surface area contributed by atoms with Crippen molar-refractivity contribution in [1.29, 1.82) is 0 Å². The molecule has 0 unspecified atom stereocenters. The van der Waals surface area contributed by atoms with Crippen LogP contribution in [0, 0.1) is 0 Å². The van der Waals surface area contributed by atoms with Gasteiger partial charge in [0.05, 0.1) is 0 Å². The molecule has 0 fully saturated rings. The van der Waals surface area contributed by atoms with Gasteiger partial charge >= 0.3 is 0 Å². The second-order valence-corrected chi connectivity index (χ2v) is 6.04. The van der Waals surface area contributed by atoms with Gasteiger partial charge in [-0.05, 0) is 24.6 Å². The van der Waals surface area contributed by atoms with Crippen LogP contribution in [0.3, 0.4) is 0 Å². The van der Waals surface area contributed by atoms with Gasteiger partial charge in [0.2, 0.25) is 0 Å². The summed E-state index contributed by atoms with van der Waals surface area (Å²) >= 11 is 5.07. The van der Waals surface area contributed by atoms with Crippen molar-refractivity contribution in [2.24, 2.45) is 0 Å². The van der Waals surface area contributed by atoms with Gasteiger partial charge in [0, 0.05) is 0 Å². The summed E-state index contributed by atoms with van der Waals surface area (Å²) < 4.78 is 0. The summed E-state index contributed by atoms with van der Waals surface area (Å²) in [7, 11) is 0. The highest BCUT2D eigenvalue weighted by Gasteiger charge is 1.93. The Morgan fingerprint density at radius 3 is 1.35 bits per heavy atom. The lowest BCUT2D eigenvalue weighted by Crippen LogP contribution is -1.87. The molecule has 0 spiro atoms. The molecule has 17 heavy (non-hydrogen) atoms. The minimum atomic E-state index is 1.16. The predicted molar refractivity (Wildman–Crippen MR) is 84.0 cm³/mol. The zero-order chi connectivity index (χ0) is 12.8. The molecule has 0 atom stereocenters. The van der Waals surface area contributed by atoms with Gasteiger partial charge in [-0.15, -0.1) is 0 Å². The highest BCUT2D eigenvalue weighted by atomic mass is 32.1. The summed E-state index contributed by atoms with van der Waals surface area (Å²) in [4.78, 5) is 1.18. The van der Waals surface area contributed by atoms with Gasteiger partial charge < -0.3 is 0 Å². The Kier molecular flexibility index (Phi) is 14.2. The lowest BCUT2D eigenvalue weighted by atomic mass is 10.0. The monoisotopic (exact) mass is 256 g/mol. The largest absolute Gasteiger partial charge is 0.0900 e. The highest BCUT2D eigenvalue weighted by Crippen LogP contribution is 2.12. The molecule has 0 bridgehead atoms. The number of hydrogen-bond donors (Lipinski definition) is 0. The number of rotatable bonds is 13. The van der Waals surface area contributed by atoms with Gasteiger partial charge in [-0.2, -0.15) is 0 Å². The molecule has 1 heteroatoms. The second kappa shape index (κ2) is 14.2. The van der Waals surface area contributed by atoms with Crippen molar-refractivity contribution < 1.29 is 0 Å². The fourth-order valence-electron chi connectivity index (χ4n) is 2.21. The molecule has 0 nitrogen and oxygen atoms in total. The average molecular weight is 256 g/mol. The van der Waals surface area contributed by atoms with Crippen molar-refractivity contribution in [3.63, 3.8) is 0 Å². The fourth-order valence-corrected chi connectivity index (χ4v) is 2.36. The Labute approximate surface area is 115 Å². The second-order valence-electron chi connectivity index (χ2n) is 5.34. The normalized spacial score (nSPS) is 10.7. The van der Waals surface area contributed by atoms with Crippen LogP contribution in [0.2, 0.25) is 0 Å². The van der Waals surface area contributed by atoms with Crippen LogP contribution in [0.15, 0.2) is 0 Å². The molecular formula is C16H32S. The molecule has 0 rings (SSSR count). The van der Waals surface area contributed by atoms with E-state index in [4.69, 9.17) is 12.2 Å². The molecule has 0 N–H and O–H groups in total. The molecule has 0 aliphatic rings. The molecule has 0 aliphatic heterocycles. The molecule has 0 saturated carbocycles. The Morgan fingerprint density at radius 2 is 1.00 bits per heavy atom. The van der Waals surface area contributed by atoms with Crippen LogP contribution in [-0.2, 0) is 0 Å². The van der Waals surface area contributed by atoms with Gasteiger partial charge in [-0.25, -0.2) is 0 Å². The molecule has 0 aliphatic carbocycles. The summed E-state index contributed by atoms with van der Waals surface area (Å²) in [5.74, 6) is 0. The van der Waals surface area contributed by atoms with E-state index in [-0.39, 0.29) is 0 Å². The third-order valence-electron chi connectivity index (χ3n) is 3.38. The van der Waals surface area contributed by atoms with Crippen molar-refractivity contribution in [3.8, 4) is 0 Å². The van der Waals surface area contributed by atoms with E-state index in [0.29, 0.717) is 0 Å². The first-order valence-electron chi connectivity index (χ1n) is 7.76. The van der Waals surface area contributed by atoms with Crippen LogP contribution in [-0.4, -0.2) is 4.86 Å². The molecular weight excluding hydrogens is 224 g/mol. The van der Waals surface area contributed by atoms with E-state index in [1.165, 1.54) is 81.9 Å². The predicted octanol–water partition coefficient (Wildman–Crippen LogP) is 6.47. The van der Waals surface area contributed by atoms with Crippen molar-refractivity contribution in [3.05, 3.63) is 0 Å². The quantitative estimate of drug-likeness (QED) is 0.269. The van der Waals surface area contributed by atoms with Crippen LogP contribution >= 0.6 is 12.2 Å². The minimum Gasteiger partial charge on any atom is -0.0900 e. The minimum absolute atomic E-state index is 1.16. The average Bonchev–Trinajstić information content (AvgIpc) is 2.30. The Bertz CT molecular complexity index is 163. The summed E-state index contributed by atoms with van der Waals surface area (Å²) in [6, 6.07) is 0. The summed E-state index contributed by atoms with van der Waals surface area (Å²) in [5, 5.41) is 0. The number of unbranched alkanes of at least 4 members (excludes halogenated alkanes) is 11. The Balaban J connectivity index is 2.91. The van der Waals surface area contributed by atoms with Crippen LogP contribution in [0.25, 0.3) is 0 Å². The van der Waals surface area contributed by atoms with Crippen molar-refractivity contribution in [2.45, 2.75) is 97.3 Å². The first-order chi connectivity index (χ1) is 8.27. The number of hydrogen-bond acceptors (Lipinski definition) is 1. The maximum absolute atomic E-state index is 5.07. The van der Waals surface area contributed by atoms with E-state index in [2.05, 4.69) is 13.8 Å². The molecule has 0 heterocycles. The first kappa shape index (κ1) is 17.1. The van der Waals surface area contributed by atoms with E-state index >= 15 is 0 Å². The maximum atomic E-state index is 5.07. The maximum Gasteiger partial charge on any atom is -0.0102 e. The van der Waals surface area contributed by atoms with E-state index in [9.17, 15) is 0 Å². The molecule has 102 valence electrons. The van der Waals surface area contributed by atoms with Gasteiger partial charge in [-0.3, -0.25) is 0 Å². The van der Waals surface area contributed by atoms with Gasteiger partial charge in [0.15, 0.2) is 0 Å². The highest BCUT2D eigenvalue weighted by molar-refractivity contribution is 7.80. The van der Waals surface area contributed by atoms with Crippen LogP contribution < -0.4 is 0 Å². The molecule has 0 amide bonds. The zero-order valence-corrected chi connectivity index (χ0v) is 12.9. The van der Waals surface area contributed by atoms with Crippen LogP contribution in [0.5, 0.6) is 0 Å². The van der Waals surface area contributed by atoms with Crippen LogP contribution in [0.1, 0.15) is 97.3 Å². The zero-order valence-electron chi connectivity index (χ0n) is 12.1. The summed E-state index contributed by atoms with van der Waals surface area (Å²) in [5.41, 5.74) is 0. The lowest BCUT2D eigenvalue weighted by Gasteiger charge is -2.02. The third kappa shape index (κ3) is 16.1. The molecule has 0 saturated heterocycles. The van der Waals surface area contributed by atoms with E-state index in [0.717, 1.165) is 6.42 Å². The van der Waals surface area contributed by atoms with Crippen molar-refractivity contribution in [2.75, 3.05) is 0 Å². The standard InChI is InChI=1S/C16H32S/c1-3-4-5-6-7-8-9-10-11-12-13-14-15-16(2)17/h3-15H2,1-2H3. The third-order valence-corrected chi connectivity index (χ3v) is 3.59. The van der Waals surface area contributed by atoms with E-state index in [1.54, 1.807) is 0 Å². The van der Waals surface area contributed by atoms with E-state index in [1.807, 2.05) is 0 Å². The van der Waals surface area contributed by atoms with Gasteiger partial charge in [-0.1, -0.05) is 89.8 Å². The summed E-state index contributed by atoms with van der Waals surface area (Å²) in [6.07, 6.45) is 18.2. The topological polar surface area (TPSA) is 0 Å². The van der Waals surface area contributed by atoms with Gasteiger partial charge in [0.1, 0.15) is 0 Å². The molecule has 0 aromatic heterocycles. The Hall–Kier alpha value is 0.0900. The fraction of sp³-hybridized carbons (Fsp3) is 0.938. The summed E-state index contributed by atoms with van der Waals surface area (Å²) in [6.45, 7) is 4.35. The van der Waals surface area contributed by atoms with E-state index < -0.39 is 0 Å². The smallest absolute Gasteiger partial charge is 0.0102 e. The molecule has 0 aromatic carbocycles. The molecule has 0 radical (unpaired) electrons. The lowest BCUT2D eigenvalue weighted by molar-refractivity contribution is 0.546. The van der Waals surface area contributed by atoms with Crippen LogP contribution in [0.4, 0.5) is 0 Å². The molecule has 0 aromatic rings. The van der Waals surface area contributed by atoms with Gasteiger partial charge in [0.25, 0.3) is 0 Å². The first-order valence-corrected chi connectivity index (χ1v) is 8.17. The van der Waals surface area contributed by atoms with Crippen molar-refractivity contribution in [1.82, 2.24) is 0 Å². The SMILES string of the molecule is CCCCCCCCCCCCCCC(C)=S. The number of thiocarbonyl (C=S) groups is 1. The van der Waals surface area contributed by atoms with Crippen molar-refractivity contribution >= 4 is 17.1 Å².